The van der Waals surface area contributed by atoms with Gasteiger partial charge >= 0.3 is 0 Å². The van der Waals surface area contributed by atoms with Crippen LogP contribution in [0.4, 0.5) is 11.4 Å². The number of carbonyl (C=O) groups excluding carboxylic acids is 2. The molecule has 0 radical (unpaired) electrons. The highest BCUT2D eigenvalue weighted by Crippen LogP contribution is 2.34. The molecule has 2 aliphatic heterocycles. The van der Waals surface area contributed by atoms with E-state index in [2.05, 4.69) is 17.3 Å². The molecule has 6 nitrogen and oxygen atoms in total. The summed E-state index contributed by atoms with van der Waals surface area (Å²) >= 11 is 0. The molecule has 120 valence electrons. The van der Waals surface area contributed by atoms with Crippen molar-refractivity contribution in [3.63, 3.8) is 0 Å². The number of hydrogen-bond donors (Lipinski definition) is 0. The van der Waals surface area contributed by atoms with Gasteiger partial charge in [0, 0.05) is 0 Å². The Morgan fingerprint density at radius 3 is 2.29 bits per heavy atom. The molecule has 2 aromatic rings. The van der Waals surface area contributed by atoms with Gasteiger partial charge in [-0.1, -0.05) is 42.5 Å². The molecule has 24 heavy (non-hydrogen) atoms. The first-order chi connectivity index (χ1) is 11.7. The van der Waals surface area contributed by atoms with E-state index in [9.17, 15) is 9.59 Å². The van der Waals surface area contributed by atoms with Gasteiger partial charge in [0.05, 0.1) is 11.4 Å². The molecule has 0 N–H and O–H groups in total. The Morgan fingerprint density at radius 2 is 1.62 bits per heavy atom. The van der Waals surface area contributed by atoms with E-state index in [0.717, 1.165) is 17.7 Å². The second kappa shape index (κ2) is 5.56. The number of para-hydroxylation sites is 1. The molecule has 1 fully saturated rings. The molecule has 2 unspecified atom stereocenters. The molecular weight excluding hydrogens is 304 g/mol. The SMILES string of the molecule is CCc1ccc(N2C(=O)C3N=NN(c4ccccc4)C3C2=O)cc1. The highest BCUT2D eigenvalue weighted by atomic mass is 16.2. The first-order valence-electron chi connectivity index (χ1n) is 7.92. The number of nitrogens with zero attached hydrogens (tertiary/aromatic N) is 4. The zero-order valence-corrected chi connectivity index (χ0v) is 13.2. The molecule has 1 saturated heterocycles. The van der Waals surface area contributed by atoms with E-state index in [-0.39, 0.29) is 11.8 Å². The monoisotopic (exact) mass is 320 g/mol. The number of anilines is 2. The number of imide groups is 1. The van der Waals surface area contributed by atoms with Gasteiger partial charge in [0.1, 0.15) is 0 Å². The van der Waals surface area contributed by atoms with Crippen molar-refractivity contribution >= 4 is 23.2 Å². The van der Waals surface area contributed by atoms with Crippen LogP contribution in [0, 0.1) is 0 Å². The van der Waals surface area contributed by atoms with Crippen molar-refractivity contribution in [1.29, 1.82) is 0 Å². The molecule has 6 heteroatoms. The summed E-state index contributed by atoms with van der Waals surface area (Å²) in [5.74, 6) is -0.612. The second-order valence-electron chi connectivity index (χ2n) is 5.81. The number of fused-ring (bicyclic) bond motifs is 1. The summed E-state index contributed by atoms with van der Waals surface area (Å²) in [6, 6.07) is 15.3. The Hall–Kier alpha value is -3.02. The minimum absolute atomic E-state index is 0.289. The lowest BCUT2D eigenvalue weighted by atomic mass is 10.1. The third-order valence-corrected chi connectivity index (χ3v) is 4.41. The lowest BCUT2D eigenvalue weighted by Crippen LogP contribution is -2.39. The Kier molecular flexibility index (Phi) is 3.37. The largest absolute Gasteiger partial charge is 0.271 e. The average Bonchev–Trinajstić information content (AvgIpc) is 3.17. The fraction of sp³-hybridized carbons (Fsp3) is 0.222. The van der Waals surface area contributed by atoms with Crippen molar-refractivity contribution < 1.29 is 9.59 Å². The summed E-state index contributed by atoms with van der Waals surface area (Å²) in [6.45, 7) is 2.06. The number of carbonyl (C=O) groups is 2. The van der Waals surface area contributed by atoms with Crippen LogP contribution in [0.5, 0.6) is 0 Å². The summed E-state index contributed by atoms with van der Waals surface area (Å²) in [5, 5.41) is 9.61. The molecule has 4 rings (SSSR count). The van der Waals surface area contributed by atoms with Crippen molar-refractivity contribution in [3.8, 4) is 0 Å². The third kappa shape index (κ3) is 2.11. The molecular formula is C18H16N4O2. The van der Waals surface area contributed by atoms with Crippen molar-refractivity contribution in [3.05, 3.63) is 60.2 Å². The maximum atomic E-state index is 12.9. The number of rotatable bonds is 3. The quantitative estimate of drug-likeness (QED) is 0.817. The van der Waals surface area contributed by atoms with Crippen LogP contribution < -0.4 is 9.91 Å². The lowest BCUT2D eigenvalue weighted by Gasteiger charge is -2.20. The van der Waals surface area contributed by atoms with E-state index in [1.807, 2.05) is 42.5 Å². The molecule has 0 aliphatic carbocycles. The van der Waals surface area contributed by atoms with Crippen molar-refractivity contribution in [2.45, 2.75) is 25.4 Å². The highest BCUT2D eigenvalue weighted by molar-refractivity contribution is 6.26. The Bertz CT molecular complexity index is 817. The Balaban J connectivity index is 1.67. The van der Waals surface area contributed by atoms with Crippen LogP contribution in [0.2, 0.25) is 0 Å². The first-order valence-corrected chi connectivity index (χ1v) is 7.92. The summed E-state index contributed by atoms with van der Waals surface area (Å²) in [4.78, 5) is 26.8. The lowest BCUT2D eigenvalue weighted by molar-refractivity contribution is -0.121. The highest BCUT2D eigenvalue weighted by Gasteiger charge is 2.55. The van der Waals surface area contributed by atoms with Gasteiger partial charge < -0.3 is 0 Å². The van der Waals surface area contributed by atoms with E-state index >= 15 is 0 Å². The van der Waals surface area contributed by atoms with Gasteiger partial charge in [-0.2, -0.15) is 5.11 Å². The van der Waals surface area contributed by atoms with Crippen LogP contribution in [0.1, 0.15) is 12.5 Å². The van der Waals surface area contributed by atoms with E-state index in [4.69, 9.17) is 0 Å². The van der Waals surface area contributed by atoms with Crippen LogP contribution in [-0.2, 0) is 16.0 Å². The standard InChI is InChI=1S/C18H16N4O2/c1-2-12-8-10-13(11-9-12)21-17(23)15-16(18(21)24)22(20-19-15)14-6-4-3-5-7-14/h3-11,15-16H,2H2,1H3. The van der Waals surface area contributed by atoms with Crippen LogP contribution in [0.3, 0.4) is 0 Å². The first kappa shape index (κ1) is 14.6. The van der Waals surface area contributed by atoms with Gasteiger partial charge in [-0.3, -0.25) is 9.59 Å². The zero-order chi connectivity index (χ0) is 16.7. The molecule has 2 aromatic carbocycles. The zero-order valence-electron chi connectivity index (χ0n) is 13.2. The Morgan fingerprint density at radius 1 is 0.917 bits per heavy atom. The summed E-state index contributed by atoms with van der Waals surface area (Å²) < 4.78 is 0. The molecule has 0 bridgehead atoms. The van der Waals surface area contributed by atoms with Crippen LogP contribution >= 0.6 is 0 Å². The van der Waals surface area contributed by atoms with Crippen molar-refractivity contribution in [1.82, 2.24) is 0 Å². The molecule has 2 atom stereocenters. The van der Waals surface area contributed by atoms with E-state index in [1.165, 1.54) is 9.91 Å². The van der Waals surface area contributed by atoms with Crippen molar-refractivity contribution in [2.75, 3.05) is 9.91 Å². The van der Waals surface area contributed by atoms with Crippen LogP contribution in [-0.4, -0.2) is 23.9 Å². The van der Waals surface area contributed by atoms with Gasteiger partial charge in [0.2, 0.25) is 0 Å². The second-order valence-corrected chi connectivity index (χ2v) is 5.81. The molecule has 2 amide bonds. The van der Waals surface area contributed by atoms with Gasteiger partial charge in [-0.15, -0.1) is 0 Å². The maximum Gasteiger partial charge on any atom is 0.263 e. The summed E-state index contributed by atoms with van der Waals surface area (Å²) in [7, 11) is 0. The average molecular weight is 320 g/mol. The molecule has 2 aliphatic rings. The normalized spacial score (nSPS) is 22.4. The molecule has 0 spiro atoms. The summed E-state index contributed by atoms with van der Waals surface area (Å²) in [6.07, 6.45) is 0.906. The van der Waals surface area contributed by atoms with Gasteiger partial charge in [-0.05, 0) is 36.2 Å². The molecule has 0 saturated carbocycles. The number of benzene rings is 2. The topological polar surface area (TPSA) is 65.3 Å². The number of aryl methyl sites for hydroxylation is 1. The van der Waals surface area contributed by atoms with Gasteiger partial charge in [-0.25, -0.2) is 9.91 Å². The van der Waals surface area contributed by atoms with Crippen molar-refractivity contribution in [2.24, 2.45) is 10.3 Å². The third-order valence-electron chi connectivity index (χ3n) is 4.41. The maximum absolute atomic E-state index is 12.9. The Labute approximate surface area is 139 Å². The minimum atomic E-state index is -0.774. The predicted octanol–water partition coefficient (Wildman–Crippen LogP) is 2.75. The fourth-order valence-electron chi connectivity index (χ4n) is 3.09. The molecule has 0 aromatic heterocycles. The fourth-order valence-corrected chi connectivity index (χ4v) is 3.09. The molecule has 2 heterocycles. The number of hydrogen-bond acceptors (Lipinski definition) is 5. The minimum Gasteiger partial charge on any atom is -0.271 e. The van der Waals surface area contributed by atoms with Gasteiger partial charge in [0.25, 0.3) is 11.8 Å². The van der Waals surface area contributed by atoms with Gasteiger partial charge in [0.15, 0.2) is 12.1 Å². The van der Waals surface area contributed by atoms with E-state index < -0.39 is 12.1 Å². The predicted molar refractivity (Wildman–Crippen MR) is 89.7 cm³/mol. The summed E-state index contributed by atoms with van der Waals surface area (Å²) in [5.41, 5.74) is 2.49. The number of amides is 2. The van der Waals surface area contributed by atoms with Crippen LogP contribution in [0.25, 0.3) is 0 Å². The van der Waals surface area contributed by atoms with E-state index in [0.29, 0.717) is 5.69 Å². The van der Waals surface area contributed by atoms with E-state index in [1.54, 1.807) is 12.1 Å². The smallest absolute Gasteiger partial charge is 0.263 e. The van der Waals surface area contributed by atoms with Crippen LogP contribution in [0.15, 0.2) is 64.9 Å².